The van der Waals surface area contributed by atoms with Crippen LogP contribution in [0.2, 0.25) is 0 Å². The minimum atomic E-state index is -3.87. The van der Waals surface area contributed by atoms with Crippen molar-refractivity contribution in [2.75, 3.05) is 18.8 Å². The van der Waals surface area contributed by atoms with Crippen LogP contribution in [0.25, 0.3) is 10.9 Å². The van der Waals surface area contributed by atoms with Gasteiger partial charge in [0.15, 0.2) is 0 Å². The van der Waals surface area contributed by atoms with Gasteiger partial charge in [-0.15, -0.1) is 0 Å². The minimum Gasteiger partial charge on any atom is -0.360 e. The Bertz CT molecular complexity index is 1250. The van der Waals surface area contributed by atoms with Crippen molar-refractivity contribution < 1.29 is 18.0 Å². The van der Waals surface area contributed by atoms with Gasteiger partial charge in [-0.3, -0.25) is 14.3 Å². The molecule has 8 heteroatoms. The van der Waals surface area contributed by atoms with Gasteiger partial charge in [0.25, 0.3) is 21.7 Å². The number of ketones is 1. The first-order valence-corrected chi connectivity index (χ1v) is 12.2. The third-order valence-electron chi connectivity index (χ3n) is 6.05. The summed E-state index contributed by atoms with van der Waals surface area (Å²) in [7, 11) is -0.881. The fourth-order valence-electron chi connectivity index (χ4n) is 4.25. The number of sulfonamides is 1. The van der Waals surface area contributed by atoms with E-state index in [4.69, 9.17) is 0 Å². The largest absolute Gasteiger partial charge is 0.360 e. The molecule has 1 saturated carbocycles. The highest BCUT2D eigenvalue weighted by Gasteiger charge is 2.23. The van der Waals surface area contributed by atoms with Crippen LogP contribution in [0.4, 0.5) is 5.69 Å². The molecule has 0 saturated heterocycles. The molecule has 1 heterocycles. The number of carbonyl (C=O) groups excluding carboxylic acids is 2. The average molecular weight is 454 g/mol. The van der Waals surface area contributed by atoms with Gasteiger partial charge in [-0.1, -0.05) is 31.4 Å². The molecule has 32 heavy (non-hydrogen) atoms. The van der Waals surface area contributed by atoms with Gasteiger partial charge in [0, 0.05) is 36.9 Å². The molecule has 0 atom stereocenters. The van der Waals surface area contributed by atoms with Crippen molar-refractivity contribution in [2.24, 2.45) is 0 Å². The highest BCUT2D eigenvalue weighted by molar-refractivity contribution is 7.92. The number of rotatable bonds is 6. The molecule has 2 aromatic carbocycles. The zero-order valence-corrected chi connectivity index (χ0v) is 19.0. The Kier molecular flexibility index (Phi) is 6.06. The maximum Gasteiger partial charge on any atom is 0.294 e. The van der Waals surface area contributed by atoms with E-state index in [2.05, 4.69) is 9.71 Å². The number of nitrogens with zero attached hydrogens (tertiary/aromatic N) is 1. The molecule has 1 aromatic heterocycles. The number of hydrogen-bond donors (Lipinski definition) is 2. The van der Waals surface area contributed by atoms with E-state index in [-0.39, 0.29) is 10.5 Å². The quantitative estimate of drug-likeness (QED) is 0.430. The molecule has 0 radical (unpaired) electrons. The Balaban J connectivity index is 1.58. The second-order valence-electron chi connectivity index (χ2n) is 8.50. The summed E-state index contributed by atoms with van der Waals surface area (Å²) in [5.74, 6) is -0.816. The summed E-state index contributed by atoms with van der Waals surface area (Å²) in [6.45, 7) is 0. The molecule has 168 valence electrons. The van der Waals surface area contributed by atoms with Gasteiger partial charge in [0.2, 0.25) is 0 Å². The Labute approximate surface area is 187 Å². The first kappa shape index (κ1) is 22.1. The third kappa shape index (κ3) is 4.41. The van der Waals surface area contributed by atoms with Gasteiger partial charge in [-0.2, -0.15) is 0 Å². The lowest BCUT2D eigenvalue weighted by Crippen LogP contribution is -2.29. The predicted molar refractivity (Wildman–Crippen MR) is 124 cm³/mol. The molecule has 0 unspecified atom stereocenters. The molecule has 1 aliphatic rings. The van der Waals surface area contributed by atoms with E-state index in [1.165, 1.54) is 75.0 Å². The number of carbonyl (C=O) groups is 2. The van der Waals surface area contributed by atoms with Crippen molar-refractivity contribution in [1.82, 2.24) is 9.88 Å². The average Bonchev–Trinajstić information content (AvgIpc) is 3.22. The van der Waals surface area contributed by atoms with E-state index < -0.39 is 21.7 Å². The summed E-state index contributed by atoms with van der Waals surface area (Å²) >= 11 is 0. The van der Waals surface area contributed by atoms with Crippen molar-refractivity contribution in [3.05, 3.63) is 59.8 Å². The number of H-pyrrole nitrogens is 1. The number of benzene rings is 2. The maximum atomic E-state index is 13.0. The predicted octanol–water partition coefficient (Wildman–Crippen LogP) is 4.29. The topological polar surface area (TPSA) is 99.3 Å². The summed E-state index contributed by atoms with van der Waals surface area (Å²) in [5, 5.41) is 0.390. The second kappa shape index (κ2) is 8.78. The van der Waals surface area contributed by atoms with Crippen LogP contribution in [0.3, 0.4) is 0 Å². The number of fused-ring (bicyclic) bond motifs is 1. The summed E-state index contributed by atoms with van der Waals surface area (Å²) in [4.78, 5) is 28.7. The summed E-state index contributed by atoms with van der Waals surface area (Å²) in [6.07, 6.45) is 7.56. The van der Waals surface area contributed by atoms with E-state index in [9.17, 15) is 18.0 Å². The van der Waals surface area contributed by atoms with Crippen molar-refractivity contribution in [1.29, 1.82) is 0 Å². The molecule has 0 bridgehead atoms. The summed E-state index contributed by atoms with van der Waals surface area (Å²) in [5.41, 5.74) is 2.45. The smallest absolute Gasteiger partial charge is 0.294 e. The summed E-state index contributed by atoms with van der Waals surface area (Å²) in [6, 6.07) is 12.1. The molecular weight excluding hydrogens is 426 g/mol. The molecule has 2 N–H and O–H groups in total. The number of amides is 1. The van der Waals surface area contributed by atoms with Gasteiger partial charge in [-0.05, 0) is 54.7 Å². The van der Waals surface area contributed by atoms with Crippen molar-refractivity contribution >= 4 is 38.3 Å². The highest BCUT2D eigenvalue weighted by atomic mass is 32.2. The van der Waals surface area contributed by atoms with Crippen LogP contribution in [-0.4, -0.2) is 44.1 Å². The first-order chi connectivity index (χ1) is 15.3. The van der Waals surface area contributed by atoms with Crippen LogP contribution in [-0.2, 0) is 14.8 Å². The van der Waals surface area contributed by atoms with E-state index in [1.807, 2.05) is 12.1 Å². The number of nitrogens with one attached hydrogen (secondary N) is 2. The monoisotopic (exact) mass is 453 g/mol. The fourth-order valence-corrected chi connectivity index (χ4v) is 5.33. The van der Waals surface area contributed by atoms with Crippen LogP contribution >= 0.6 is 0 Å². The molecule has 0 aliphatic heterocycles. The van der Waals surface area contributed by atoms with E-state index in [1.54, 1.807) is 18.2 Å². The number of hydrogen-bond acceptors (Lipinski definition) is 4. The maximum absolute atomic E-state index is 13.0. The van der Waals surface area contributed by atoms with Gasteiger partial charge in [0.1, 0.15) is 0 Å². The normalized spacial score (nSPS) is 14.9. The van der Waals surface area contributed by atoms with Crippen LogP contribution in [0.1, 0.15) is 53.9 Å². The van der Waals surface area contributed by atoms with Gasteiger partial charge < -0.3 is 9.88 Å². The van der Waals surface area contributed by atoms with Gasteiger partial charge in [0.05, 0.1) is 10.5 Å². The Hall–Kier alpha value is -3.13. The number of Topliss-reactive ketones (excluding diaryl/α,β-unsaturated/α-hetero) is 1. The standard InChI is InChI=1S/C24H27N3O4S/c1-27(2)24(29)23(28)21-15-25-22-13-12-19(14-20(21)22)32(30,31)26-18-10-8-17(9-11-18)16-6-4-3-5-7-16/h8-16,25-26H,3-7H2,1-2H3. The third-order valence-corrected chi connectivity index (χ3v) is 7.43. The molecular formula is C24H27N3O4S. The molecule has 1 fully saturated rings. The zero-order chi connectivity index (χ0) is 22.9. The molecule has 1 amide bonds. The lowest BCUT2D eigenvalue weighted by atomic mass is 9.84. The fraction of sp³-hybridized carbons (Fsp3) is 0.333. The Morgan fingerprint density at radius 2 is 1.69 bits per heavy atom. The van der Waals surface area contributed by atoms with Crippen LogP contribution < -0.4 is 4.72 Å². The van der Waals surface area contributed by atoms with Gasteiger partial charge >= 0.3 is 0 Å². The van der Waals surface area contributed by atoms with E-state index >= 15 is 0 Å². The first-order valence-electron chi connectivity index (χ1n) is 10.8. The Morgan fingerprint density at radius 1 is 1.00 bits per heavy atom. The molecule has 3 aromatic rings. The molecule has 0 spiro atoms. The molecule has 4 rings (SSSR count). The van der Waals surface area contributed by atoms with Crippen LogP contribution in [0, 0.1) is 0 Å². The zero-order valence-electron chi connectivity index (χ0n) is 18.2. The second-order valence-corrected chi connectivity index (χ2v) is 10.2. The number of aromatic nitrogens is 1. The van der Waals surface area contributed by atoms with Crippen molar-refractivity contribution in [2.45, 2.75) is 42.9 Å². The SMILES string of the molecule is CN(C)C(=O)C(=O)c1c[nH]c2ccc(S(=O)(=O)Nc3ccc(C4CCCCC4)cc3)cc12. The number of likely N-dealkylation sites (N-methyl/N-ethyl adjacent to an activating group) is 1. The van der Waals surface area contributed by atoms with Crippen LogP contribution in [0.5, 0.6) is 0 Å². The van der Waals surface area contributed by atoms with Crippen molar-refractivity contribution in [3.63, 3.8) is 0 Å². The van der Waals surface area contributed by atoms with E-state index in [0.29, 0.717) is 22.5 Å². The minimum absolute atomic E-state index is 0.0207. The Morgan fingerprint density at radius 3 is 2.34 bits per heavy atom. The lowest BCUT2D eigenvalue weighted by molar-refractivity contribution is -0.124. The van der Waals surface area contributed by atoms with Crippen molar-refractivity contribution in [3.8, 4) is 0 Å². The van der Waals surface area contributed by atoms with Gasteiger partial charge in [-0.25, -0.2) is 8.42 Å². The lowest BCUT2D eigenvalue weighted by Gasteiger charge is -2.22. The highest BCUT2D eigenvalue weighted by Crippen LogP contribution is 2.33. The molecule has 1 aliphatic carbocycles. The summed E-state index contributed by atoms with van der Waals surface area (Å²) < 4.78 is 28.6. The number of anilines is 1. The van der Waals surface area contributed by atoms with Crippen LogP contribution in [0.15, 0.2) is 53.6 Å². The van der Waals surface area contributed by atoms with E-state index in [0.717, 1.165) is 0 Å². The molecule has 7 nitrogen and oxygen atoms in total. The number of aromatic amines is 1.